The molecule has 2 saturated heterocycles. The standard InChI is InChI=1S/C17H21F2N5S/c1-23-5-9-7-24(8-10(9)6-23)15-14-13(21-16(20)22-15)11-4-17(18,19)3-2-12(11)25-14/h9-10H,2-8H2,1H3,(H2,20,21,22). The molecule has 8 heteroatoms. The van der Waals surface area contributed by atoms with E-state index in [1.807, 2.05) is 0 Å². The van der Waals surface area contributed by atoms with Crippen molar-refractivity contribution in [3.8, 4) is 0 Å². The molecule has 0 amide bonds. The first-order valence-corrected chi connectivity index (χ1v) is 9.60. The molecule has 2 aromatic heterocycles. The molecule has 4 heterocycles. The maximum absolute atomic E-state index is 13.9. The smallest absolute Gasteiger partial charge is 0.252 e. The van der Waals surface area contributed by atoms with Crippen molar-refractivity contribution in [2.75, 3.05) is 43.9 Å². The first kappa shape index (κ1) is 15.7. The van der Waals surface area contributed by atoms with Gasteiger partial charge in [0.2, 0.25) is 5.95 Å². The zero-order valence-corrected chi connectivity index (χ0v) is 15.0. The maximum atomic E-state index is 13.9. The van der Waals surface area contributed by atoms with Crippen molar-refractivity contribution < 1.29 is 8.78 Å². The highest BCUT2D eigenvalue weighted by atomic mass is 32.1. The summed E-state index contributed by atoms with van der Waals surface area (Å²) in [5.74, 6) is -0.311. The normalized spacial score (nSPS) is 28.5. The molecule has 25 heavy (non-hydrogen) atoms. The van der Waals surface area contributed by atoms with E-state index < -0.39 is 5.92 Å². The van der Waals surface area contributed by atoms with Crippen LogP contribution in [0.15, 0.2) is 0 Å². The molecule has 2 atom stereocenters. The number of aryl methyl sites for hydroxylation is 1. The van der Waals surface area contributed by atoms with Gasteiger partial charge in [0.05, 0.1) is 10.2 Å². The van der Waals surface area contributed by atoms with Gasteiger partial charge in [-0.1, -0.05) is 0 Å². The quantitative estimate of drug-likeness (QED) is 0.841. The lowest BCUT2D eigenvalue weighted by atomic mass is 9.95. The van der Waals surface area contributed by atoms with Crippen molar-refractivity contribution >= 4 is 33.3 Å². The first-order valence-electron chi connectivity index (χ1n) is 8.79. The molecule has 2 N–H and O–H groups in total. The summed E-state index contributed by atoms with van der Waals surface area (Å²) in [7, 11) is 2.16. The molecule has 1 aliphatic carbocycles. The third-order valence-corrected chi connectivity index (χ3v) is 7.11. The molecule has 5 nitrogen and oxygen atoms in total. The van der Waals surface area contributed by atoms with Crippen LogP contribution in [0.3, 0.4) is 0 Å². The summed E-state index contributed by atoms with van der Waals surface area (Å²) >= 11 is 1.59. The molecule has 2 aromatic rings. The maximum Gasteiger partial charge on any atom is 0.252 e. The van der Waals surface area contributed by atoms with E-state index >= 15 is 0 Å². The number of thiophene rings is 1. The highest BCUT2D eigenvalue weighted by Gasteiger charge is 2.41. The predicted molar refractivity (Wildman–Crippen MR) is 95.5 cm³/mol. The van der Waals surface area contributed by atoms with Crippen LogP contribution in [-0.4, -0.2) is 54.0 Å². The number of fused-ring (bicyclic) bond motifs is 4. The van der Waals surface area contributed by atoms with Crippen LogP contribution in [0.4, 0.5) is 20.5 Å². The van der Waals surface area contributed by atoms with E-state index in [0.717, 1.165) is 41.6 Å². The molecule has 0 spiro atoms. The number of hydrogen-bond acceptors (Lipinski definition) is 6. The third-order valence-electron chi connectivity index (χ3n) is 5.83. The number of nitrogens with zero attached hydrogens (tertiary/aromatic N) is 4. The molecule has 0 radical (unpaired) electrons. The van der Waals surface area contributed by atoms with Crippen LogP contribution in [0.25, 0.3) is 10.2 Å². The van der Waals surface area contributed by atoms with E-state index in [1.54, 1.807) is 11.3 Å². The summed E-state index contributed by atoms with van der Waals surface area (Å²) in [6.07, 6.45) is 0.109. The Morgan fingerprint density at radius 2 is 1.88 bits per heavy atom. The largest absolute Gasteiger partial charge is 0.368 e. The van der Waals surface area contributed by atoms with E-state index in [1.165, 1.54) is 0 Å². The molecular formula is C17H21F2N5S. The van der Waals surface area contributed by atoms with Gasteiger partial charge in [0, 0.05) is 43.9 Å². The van der Waals surface area contributed by atoms with Gasteiger partial charge in [-0.05, 0) is 30.9 Å². The zero-order valence-electron chi connectivity index (χ0n) is 14.1. The Bertz CT molecular complexity index is 837. The first-order chi connectivity index (χ1) is 11.9. The van der Waals surface area contributed by atoms with Crippen LogP contribution in [0.1, 0.15) is 16.9 Å². The van der Waals surface area contributed by atoms with Crippen LogP contribution >= 0.6 is 11.3 Å². The summed E-state index contributed by atoms with van der Waals surface area (Å²) in [5.41, 5.74) is 7.29. The molecular weight excluding hydrogens is 344 g/mol. The molecule has 2 aliphatic heterocycles. The van der Waals surface area contributed by atoms with Crippen LogP contribution in [0.2, 0.25) is 0 Å². The van der Waals surface area contributed by atoms with Gasteiger partial charge in [-0.3, -0.25) is 0 Å². The minimum atomic E-state index is -2.64. The molecule has 2 fully saturated rings. The van der Waals surface area contributed by atoms with Crippen LogP contribution in [0, 0.1) is 11.8 Å². The van der Waals surface area contributed by atoms with Crippen molar-refractivity contribution in [1.82, 2.24) is 14.9 Å². The molecule has 5 rings (SSSR count). The summed E-state index contributed by atoms with van der Waals surface area (Å²) in [4.78, 5) is 14.6. The van der Waals surface area contributed by atoms with E-state index in [-0.39, 0.29) is 18.8 Å². The number of nitrogen functional groups attached to an aromatic ring is 1. The lowest BCUT2D eigenvalue weighted by molar-refractivity contribution is -0.0113. The van der Waals surface area contributed by atoms with Gasteiger partial charge in [-0.25, -0.2) is 13.8 Å². The Morgan fingerprint density at radius 3 is 2.60 bits per heavy atom. The fourth-order valence-electron chi connectivity index (χ4n) is 4.71. The fourth-order valence-corrected chi connectivity index (χ4v) is 5.99. The fraction of sp³-hybridized carbons (Fsp3) is 0.647. The Hall–Kier alpha value is -1.54. The summed E-state index contributed by atoms with van der Waals surface area (Å²) in [5, 5.41) is 0. The minimum Gasteiger partial charge on any atom is -0.368 e. The molecule has 2 unspecified atom stereocenters. The van der Waals surface area contributed by atoms with E-state index in [0.29, 0.717) is 29.3 Å². The molecule has 0 saturated carbocycles. The highest BCUT2D eigenvalue weighted by Crippen LogP contribution is 2.45. The van der Waals surface area contributed by atoms with Crippen molar-refractivity contribution in [1.29, 1.82) is 0 Å². The number of likely N-dealkylation sites (tertiary alicyclic amines) is 1. The van der Waals surface area contributed by atoms with Gasteiger partial charge < -0.3 is 15.5 Å². The topological polar surface area (TPSA) is 58.3 Å². The minimum absolute atomic E-state index is 0.0781. The number of halogens is 2. The average Bonchev–Trinajstić information content (AvgIpc) is 3.16. The van der Waals surface area contributed by atoms with Gasteiger partial charge >= 0.3 is 0 Å². The molecule has 3 aliphatic rings. The van der Waals surface area contributed by atoms with Crippen LogP contribution in [-0.2, 0) is 12.8 Å². The number of alkyl halides is 2. The number of hydrogen-bond donors (Lipinski definition) is 1. The van der Waals surface area contributed by atoms with Crippen LogP contribution in [0.5, 0.6) is 0 Å². The third kappa shape index (κ3) is 2.49. The highest BCUT2D eigenvalue weighted by molar-refractivity contribution is 7.19. The predicted octanol–water partition coefficient (Wildman–Crippen LogP) is 2.40. The van der Waals surface area contributed by atoms with E-state index in [2.05, 4.69) is 26.8 Å². The summed E-state index contributed by atoms with van der Waals surface area (Å²) in [6.45, 7) is 4.13. The molecule has 134 valence electrons. The molecule has 0 bridgehead atoms. The number of aromatic nitrogens is 2. The van der Waals surface area contributed by atoms with Gasteiger partial charge in [0.25, 0.3) is 5.92 Å². The second-order valence-electron chi connectivity index (χ2n) is 7.77. The van der Waals surface area contributed by atoms with Gasteiger partial charge in [0.1, 0.15) is 0 Å². The Kier molecular flexibility index (Phi) is 3.29. The second kappa shape index (κ2) is 5.23. The number of nitrogens with two attached hydrogens (primary N) is 1. The Labute approximate surface area is 148 Å². The van der Waals surface area contributed by atoms with Gasteiger partial charge in [0.15, 0.2) is 5.82 Å². The monoisotopic (exact) mass is 365 g/mol. The van der Waals surface area contributed by atoms with Crippen LogP contribution < -0.4 is 10.6 Å². The number of rotatable bonds is 1. The van der Waals surface area contributed by atoms with Gasteiger partial charge in [-0.15, -0.1) is 11.3 Å². The lowest BCUT2D eigenvalue weighted by Gasteiger charge is -2.22. The Balaban J connectivity index is 1.57. The van der Waals surface area contributed by atoms with Gasteiger partial charge in [-0.2, -0.15) is 4.98 Å². The second-order valence-corrected chi connectivity index (χ2v) is 8.87. The molecule has 0 aromatic carbocycles. The van der Waals surface area contributed by atoms with Crippen molar-refractivity contribution in [2.24, 2.45) is 11.8 Å². The number of anilines is 2. The average molecular weight is 365 g/mol. The lowest BCUT2D eigenvalue weighted by Crippen LogP contribution is -2.27. The van der Waals surface area contributed by atoms with E-state index in [9.17, 15) is 8.78 Å². The Morgan fingerprint density at radius 1 is 1.16 bits per heavy atom. The van der Waals surface area contributed by atoms with Crippen molar-refractivity contribution in [3.63, 3.8) is 0 Å². The van der Waals surface area contributed by atoms with Crippen molar-refractivity contribution in [2.45, 2.75) is 25.2 Å². The summed E-state index contributed by atoms with van der Waals surface area (Å²) < 4.78 is 28.7. The van der Waals surface area contributed by atoms with Crippen molar-refractivity contribution in [3.05, 3.63) is 10.4 Å². The summed E-state index contributed by atoms with van der Waals surface area (Å²) in [6, 6.07) is 0. The van der Waals surface area contributed by atoms with E-state index in [4.69, 9.17) is 5.73 Å². The zero-order chi connectivity index (χ0) is 17.3. The SMILES string of the molecule is CN1CC2CN(c3nc(N)nc4c5c(sc34)CCC(F)(F)C5)CC2C1.